The molecule has 5 nitrogen and oxygen atoms in total. The first kappa shape index (κ1) is 15.7. The molecule has 12 heteroatoms. The molecular formula is C4H6F5NO4S2. The van der Waals surface area contributed by atoms with E-state index in [1.165, 1.54) is 0 Å². The maximum Gasteiger partial charge on any atom is 0.424 e. The van der Waals surface area contributed by atoms with Gasteiger partial charge in [0, 0.05) is 0 Å². The number of rotatable bonds is 4. The zero-order valence-corrected chi connectivity index (χ0v) is 9.09. The standard InChI is InChI=1S/C4H6F5NO4S2/c1-2(5,15(11)12)3(6,7)4(8,9)16(10,13)14/h1H3,(H,11,12)(H2,10,13,14). The van der Waals surface area contributed by atoms with Crippen LogP contribution >= 0.6 is 0 Å². The Bertz CT molecular complexity index is 405. The van der Waals surface area contributed by atoms with E-state index in [0.717, 1.165) is 0 Å². The molecule has 0 spiro atoms. The van der Waals surface area contributed by atoms with Gasteiger partial charge in [-0.15, -0.1) is 0 Å². The highest BCUT2D eigenvalue weighted by Gasteiger charge is 2.76. The quantitative estimate of drug-likeness (QED) is 0.579. The SMILES string of the molecule is CC(F)(S(=O)O)C(F)(F)C(F)(F)S(N)(=O)=O. The summed E-state index contributed by atoms with van der Waals surface area (Å²) in [4.78, 5) is 0. The summed E-state index contributed by atoms with van der Waals surface area (Å²) in [5, 5.41) is -6.90. The summed E-state index contributed by atoms with van der Waals surface area (Å²) in [5.41, 5.74) is 0. The molecule has 0 fully saturated rings. The molecule has 98 valence electrons. The van der Waals surface area contributed by atoms with E-state index in [-0.39, 0.29) is 6.92 Å². The van der Waals surface area contributed by atoms with Gasteiger partial charge in [-0.1, -0.05) is 0 Å². The second-order valence-corrected chi connectivity index (χ2v) is 5.67. The molecule has 0 aliphatic rings. The van der Waals surface area contributed by atoms with Crippen molar-refractivity contribution in [2.45, 2.75) is 23.1 Å². The van der Waals surface area contributed by atoms with Crippen molar-refractivity contribution >= 4 is 21.1 Å². The molecule has 0 saturated heterocycles. The largest absolute Gasteiger partial charge is 0.424 e. The van der Waals surface area contributed by atoms with Gasteiger partial charge in [-0.25, -0.2) is 22.2 Å². The number of sulfonamides is 1. The van der Waals surface area contributed by atoms with Crippen molar-refractivity contribution < 1.29 is 39.1 Å². The number of primary sulfonamides is 1. The van der Waals surface area contributed by atoms with Crippen LogP contribution in [0.3, 0.4) is 0 Å². The monoisotopic (exact) mass is 291 g/mol. The zero-order valence-electron chi connectivity index (χ0n) is 7.46. The van der Waals surface area contributed by atoms with Crippen molar-refractivity contribution in [1.29, 1.82) is 0 Å². The van der Waals surface area contributed by atoms with Gasteiger partial charge in [-0.3, -0.25) is 0 Å². The van der Waals surface area contributed by atoms with Gasteiger partial charge < -0.3 is 4.55 Å². The normalized spacial score (nSPS) is 20.2. The van der Waals surface area contributed by atoms with E-state index in [2.05, 4.69) is 5.14 Å². The van der Waals surface area contributed by atoms with Crippen LogP contribution in [0.1, 0.15) is 6.92 Å². The Morgan fingerprint density at radius 2 is 1.50 bits per heavy atom. The van der Waals surface area contributed by atoms with E-state index in [0.29, 0.717) is 0 Å². The Morgan fingerprint density at radius 1 is 1.19 bits per heavy atom. The smallest absolute Gasteiger partial charge is 0.303 e. The number of nitrogens with two attached hydrogens (primary N) is 1. The minimum absolute atomic E-state index is 0.345. The van der Waals surface area contributed by atoms with Crippen molar-refractivity contribution in [3.8, 4) is 0 Å². The third-order valence-electron chi connectivity index (χ3n) is 1.61. The van der Waals surface area contributed by atoms with Crippen molar-refractivity contribution in [2.24, 2.45) is 5.14 Å². The van der Waals surface area contributed by atoms with Crippen LogP contribution in [0, 0.1) is 0 Å². The van der Waals surface area contributed by atoms with Gasteiger partial charge in [0.15, 0.2) is 11.1 Å². The van der Waals surface area contributed by atoms with Crippen molar-refractivity contribution in [2.75, 3.05) is 0 Å². The van der Waals surface area contributed by atoms with Gasteiger partial charge in [0.25, 0.3) is 15.0 Å². The van der Waals surface area contributed by atoms with Gasteiger partial charge in [-0.05, 0) is 6.92 Å². The topological polar surface area (TPSA) is 97.5 Å². The highest BCUT2D eigenvalue weighted by atomic mass is 32.2. The Morgan fingerprint density at radius 3 is 1.69 bits per heavy atom. The average Bonchev–Trinajstić information content (AvgIpc) is 2.00. The second-order valence-electron chi connectivity index (χ2n) is 2.80. The molecule has 0 aromatic carbocycles. The molecular weight excluding hydrogens is 285 g/mol. The van der Waals surface area contributed by atoms with Crippen molar-refractivity contribution in [3.05, 3.63) is 0 Å². The Balaban J connectivity index is 5.82. The van der Waals surface area contributed by atoms with Crippen LogP contribution in [0.2, 0.25) is 0 Å². The van der Waals surface area contributed by atoms with Crippen LogP contribution in [-0.4, -0.2) is 33.4 Å². The predicted octanol–water partition coefficient (Wildman–Crippen LogP) is 0.410. The molecule has 16 heavy (non-hydrogen) atoms. The summed E-state index contributed by atoms with van der Waals surface area (Å²) in [5.74, 6) is -5.97. The maximum atomic E-state index is 12.9. The average molecular weight is 291 g/mol. The third kappa shape index (κ3) is 2.06. The lowest BCUT2D eigenvalue weighted by atomic mass is 10.2. The number of halogens is 5. The first-order valence-corrected chi connectivity index (χ1v) is 5.92. The van der Waals surface area contributed by atoms with Gasteiger partial charge in [0.05, 0.1) is 0 Å². The zero-order chi connectivity index (χ0) is 13.6. The van der Waals surface area contributed by atoms with E-state index in [1.807, 2.05) is 0 Å². The second kappa shape index (κ2) is 3.85. The fraction of sp³-hybridized carbons (Fsp3) is 1.00. The van der Waals surface area contributed by atoms with E-state index in [4.69, 9.17) is 4.55 Å². The predicted molar refractivity (Wildman–Crippen MR) is 43.3 cm³/mol. The minimum Gasteiger partial charge on any atom is -0.303 e. The molecule has 0 rings (SSSR count). The summed E-state index contributed by atoms with van der Waals surface area (Å²) in [7, 11) is -6.15. The summed E-state index contributed by atoms with van der Waals surface area (Å²) < 4.78 is 102. The van der Waals surface area contributed by atoms with Gasteiger partial charge in [0.2, 0.25) is 0 Å². The lowest BCUT2D eigenvalue weighted by Gasteiger charge is -2.31. The highest BCUT2D eigenvalue weighted by molar-refractivity contribution is 7.90. The van der Waals surface area contributed by atoms with Crippen LogP contribution < -0.4 is 5.14 Å². The summed E-state index contributed by atoms with van der Waals surface area (Å²) in [6.07, 6.45) is 0. The Labute approximate surface area is 89.1 Å². The Hall–Kier alpha value is -0.330. The van der Waals surface area contributed by atoms with Crippen LogP contribution in [0.15, 0.2) is 0 Å². The first-order valence-electron chi connectivity index (χ1n) is 3.27. The summed E-state index contributed by atoms with van der Waals surface area (Å²) >= 11 is -4.04. The molecule has 2 unspecified atom stereocenters. The highest BCUT2D eigenvalue weighted by Crippen LogP contribution is 2.47. The fourth-order valence-electron chi connectivity index (χ4n) is 0.548. The number of alkyl halides is 5. The molecule has 0 aliphatic carbocycles. The molecule has 0 radical (unpaired) electrons. The van der Waals surface area contributed by atoms with E-state index in [1.54, 1.807) is 0 Å². The van der Waals surface area contributed by atoms with Crippen LogP contribution in [0.25, 0.3) is 0 Å². The van der Waals surface area contributed by atoms with Crippen LogP contribution in [0.4, 0.5) is 22.0 Å². The van der Waals surface area contributed by atoms with E-state index >= 15 is 0 Å². The van der Waals surface area contributed by atoms with Crippen molar-refractivity contribution in [1.82, 2.24) is 0 Å². The van der Waals surface area contributed by atoms with Gasteiger partial charge >= 0.3 is 11.2 Å². The van der Waals surface area contributed by atoms with E-state index < -0.39 is 37.3 Å². The number of hydrogen-bond donors (Lipinski definition) is 2. The van der Waals surface area contributed by atoms with Crippen LogP contribution in [0.5, 0.6) is 0 Å². The fourth-order valence-corrected chi connectivity index (χ4v) is 1.51. The maximum absolute atomic E-state index is 12.9. The molecule has 3 N–H and O–H groups in total. The summed E-state index contributed by atoms with van der Waals surface area (Å²) in [6.45, 7) is -0.345. The third-order valence-corrected chi connectivity index (χ3v) is 3.49. The molecule has 0 amide bonds. The van der Waals surface area contributed by atoms with Gasteiger partial charge in [0.1, 0.15) is 0 Å². The Kier molecular flexibility index (Phi) is 3.77. The summed E-state index contributed by atoms with van der Waals surface area (Å²) in [6, 6.07) is 0. The lowest BCUT2D eigenvalue weighted by Crippen LogP contribution is -2.61. The molecule has 0 aromatic heterocycles. The first-order chi connectivity index (χ1) is 6.69. The molecule has 2 atom stereocenters. The molecule has 0 aliphatic heterocycles. The van der Waals surface area contributed by atoms with Crippen LogP contribution in [-0.2, 0) is 21.1 Å². The van der Waals surface area contributed by atoms with Crippen molar-refractivity contribution in [3.63, 3.8) is 0 Å². The molecule has 0 saturated carbocycles. The van der Waals surface area contributed by atoms with Gasteiger partial charge in [-0.2, -0.15) is 17.6 Å². The number of hydrogen-bond acceptors (Lipinski definition) is 3. The molecule has 0 aromatic rings. The lowest BCUT2D eigenvalue weighted by molar-refractivity contribution is -0.203. The minimum atomic E-state index is -6.15. The molecule has 0 heterocycles. The molecule has 0 bridgehead atoms. The van der Waals surface area contributed by atoms with E-state index in [9.17, 15) is 34.6 Å².